The summed E-state index contributed by atoms with van der Waals surface area (Å²) in [5, 5.41) is 4.73. The van der Waals surface area contributed by atoms with Crippen LogP contribution in [-0.2, 0) is 51.4 Å². The lowest BCUT2D eigenvalue weighted by atomic mass is 10.0. The number of hydrogen-bond acceptors (Lipinski definition) is 11. The van der Waals surface area contributed by atoms with Crippen LogP contribution >= 0.6 is 102 Å². The first-order chi connectivity index (χ1) is 47.8. The van der Waals surface area contributed by atoms with Crippen molar-refractivity contribution < 1.29 is 0 Å². The number of unbranched alkanes of at least 4 members (excludes halogenated alkanes) is 24. The lowest BCUT2D eigenvalue weighted by Crippen LogP contribution is -1.89. The summed E-state index contributed by atoms with van der Waals surface area (Å²) in [6.07, 6.45) is 50.4. The number of aryl methyl sites for hydroxylation is 8. The van der Waals surface area contributed by atoms with E-state index in [1.165, 1.54) is 314 Å². The summed E-state index contributed by atoms with van der Waals surface area (Å²) in [5.74, 6) is 0. The van der Waals surface area contributed by atoms with Crippen LogP contribution in [0.2, 0.25) is 0 Å². The van der Waals surface area contributed by atoms with Crippen molar-refractivity contribution in [2.45, 2.75) is 312 Å². The molecule has 0 N–H and O–H groups in total. The second-order valence-corrected chi connectivity index (χ2v) is 36.6. The van der Waals surface area contributed by atoms with Crippen LogP contribution in [-0.4, -0.2) is 8.75 Å². The Bertz CT molecular complexity index is 3640. The van der Waals surface area contributed by atoms with Gasteiger partial charge in [0.1, 0.15) is 11.0 Å². The Hall–Kier alpha value is -3.36. The molecule has 97 heavy (non-hydrogen) atoms. The Morgan fingerprint density at radius 3 is 0.722 bits per heavy atom. The van der Waals surface area contributed by atoms with Gasteiger partial charge in [-0.05, 0) is 207 Å². The molecular formula is C86H116N2S9. The van der Waals surface area contributed by atoms with Gasteiger partial charge in [0, 0.05) is 79.4 Å². The average molecular weight is 1470 g/mol. The minimum absolute atomic E-state index is 1.07. The van der Waals surface area contributed by atoms with Crippen LogP contribution in [0.5, 0.6) is 0 Å². The van der Waals surface area contributed by atoms with Crippen LogP contribution in [0.3, 0.4) is 0 Å². The normalized spacial score (nSPS) is 11.9. The predicted octanol–water partition coefficient (Wildman–Crippen LogP) is 32.5. The molecule has 10 rings (SSSR count). The third-order valence-corrected chi connectivity index (χ3v) is 30.6. The molecule has 0 aliphatic carbocycles. The first kappa shape index (κ1) is 76.3. The van der Waals surface area contributed by atoms with E-state index in [4.69, 9.17) is 8.75 Å². The van der Waals surface area contributed by atoms with Crippen molar-refractivity contribution in [3.05, 3.63) is 116 Å². The van der Waals surface area contributed by atoms with Gasteiger partial charge in [-0.1, -0.05) is 222 Å². The number of nitrogens with zero attached hydrogens (tertiary/aromatic N) is 2. The highest BCUT2D eigenvalue weighted by atomic mass is 32.1. The zero-order valence-corrected chi connectivity index (χ0v) is 68.1. The summed E-state index contributed by atoms with van der Waals surface area (Å²) in [6.45, 7) is 18.8. The van der Waals surface area contributed by atoms with E-state index in [1.807, 2.05) is 45.3 Å². The molecule has 0 unspecified atom stereocenters. The fraction of sp³-hybridized carbons (Fsp3) is 0.558. The summed E-state index contributed by atoms with van der Waals surface area (Å²) in [4.78, 5) is 20.9. The van der Waals surface area contributed by atoms with Crippen LogP contribution in [0, 0.1) is 0 Å². The third-order valence-electron chi connectivity index (χ3n) is 20.0. The first-order valence-electron chi connectivity index (χ1n) is 39.0. The van der Waals surface area contributed by atoms with E-state index in [2.05, 4.69) is 172 Å². The van der Waals surface area contributed by atoms with Crippen LogP contribution in [0.25, 0.3) is 90.4 Å². The quantitative estimate of drug-likeness (QED) is 0.0355. The molecule has 2 nitrogen and oxygen atoms in total. The van der Waals surface area contributed by atoms with Crippen molar-refractivity contribution >= 4 is 113 Å². The average Bonchev–Trinajstić information content (AvgIpc) is 1.62. The Balaban J connectivity index is 1.04. The topological polar surface area (TPSA) is 25.8 Å². The zero-order valence-electron chi connectivity index (χ0n) is 60.8. The molecule has 524 valence electrons. The molecular weight excluding hydrogens is 1350 g/mol. The predicted molar refractivity (Wildman–Crippen MR) is 447 cm³/mol. The molecule has 0 radical (unpaired) electrons. The molecule has 0 saturated carbocycles. The number of aromatic nitrogens is 2. The fourth-order valence-electron chi connectivity index (χ4n) is 14.3. The van der Waals surface area contributed by atoms with Gasteiger partial charge < -0.3 is 0 Å². The van der Waals surface area contributed by atoms with Crippen LogP contribution in [0.1, 0.15) is 305 Å². The van der Waals surface area contributed by atoms with Gasteiger partial charge >= 0.3 is 0 Å². The van der Waals surface area contributed by atoms with Gasteiger partial charge in [0.15, 0.2) is 0 Å². The minimum Gasteiger partial charge on any atom is -0.172 e. The van der Waals surface area contributed by atoms with Gasteiger partial charge in [-0.3, -0.25) is 0 Å². The molecule has 10 aromatic rings. The molecule has 0 aliphatic heterocycles. The van der Waals surface area contributed by atoms with E-state index < -0.39 is 0 Å². The van der Waals surface area contributed by atoms with Gasteiger partial charge in [0.05, 0.1) is 11.7 Å². The van der Waals surface area contributed by atoms with Gasteiger partial charge in [-0.25, -0.2) is 0 Å². The summed E-state index contributed by atoms with van der Waals surface area (Å²) in [7, 11) is 0. The fourth-order valence-corrected chi connectivity index (χ4v) is 25.1. The second-order valence-electron chi connectivity index (χ2n) is 27.9. The summed E-state index contributed by atoms with van der Waals surface area (Å²) in [5.41, 5.74) is 17.1. The maximum atomic E-state index is 5.27. The number of rotatable bonds is 48. The first-order valence-corrected chi connectivity index (χ1v) is 46.4. The van der Waals surface area contributed by atoms with E-state index in [1.54, 1.807) is 52.9 Å². The van der Waals surface area contributed by atoms with Crippen LogP contribution in [0.15, 0.2) is 71.4 Å². The number of thiophene rings is 8. The molecule has 1 aromatic carbocycles. The van der Waals surface area contributed by atoms with Crippen molar-refractivity contribution in [3.8, 4) is 79.4 Å². The maximum absolute atomic E-state index is 5.27. The van der Waals surface area contributed by atoms with Crippen molar-refractivity contribution in [2.75, 3.05) is 0 Å². The van der Waals surface area contributed by atoms with E-state index in [0.717, 1.165) is 36.7 Å². The number of fused-ring (bicyclic) bond motifs is 1. The Labute approximate surface area is 624 Å². The lowest BCUT2D eigenvalue weighted by molar-refractivity contribution is 0.666. The summed E-state index contributed by atoms with van der Waals surface area (Å²) in [6, 6.07) is 25.6. The SMILES string of the molecule is CCCCCCc1ccsc1-c1cc(CCCCCC)c(-c2sc(-c3sc(-c4ccc(-c5cc(CCCCCC)c(-c6cc(CCCCCC)c(-c7sc(-c8sccc8CCCCCC)cc7CCCCCC)s6)s5)c5nsnc45)cc3CCCCCC)cc2CCCCCC)s1. The smallest absolute Gasteiger partial charge is 0.114 e. The van der Waals surface area contributed by atoms with Crippen molar-refractivity contribution in [3.63, 3.8) is 0 Å². The monoisotopic (exact) mass is 1460 g/mol. The van der Waals surface area contributed by atoms with Crippen molar-refractivity contribution in [1.82, 2.24) is 8.75 Å². The Morgan fingerprint density at radius 1 is 0.227 bits per heavy atom. The maximum Gasteiger partial charge on any atom is 0.114 e. The highest BCUT2D eigenvalue weighted by molar-refractivity contribution is 7.30. The molecule has 9 aromatic heterocycles. The number of benzene rings is 1. The molecule has 9 heterocycles. The summed E-state index contributed by atoms with van der Waals surface area (Å²) < 4.78 is 10.5. The van der Waals surface area contributed by atoms with E-state index in [-0.39, 0.29) is 0 Å². The standard InChI is InChI=1S/C86H116N2S9/c1-9-17-25-33-41-61-51-53-89-79(61)73-57-65(45-37-29-21-13-5)83(93-73)85-67(47-39-31-23-15-7)59-75(95-85)81-63(43-35-27-19-11-3)55-71(91-81)69-49-50-70(78-77(69)87-97-88-78)72-56-64(44-36-28-20-12-4)82(92-72)76-60-68(48-40-32-24-16-8)86(96-76)84-66(46-38-30-22-14-6)58-74(94-84)80-62(52-54-90-80)42-34-26-18-10-2/h49-60H,9-48H2,1-8H3. The number of hydrogen-bond donors (Lipinski definition) is 0. The summed E-state index contributed by atoms with van der Waals surface area (Å²) >= 11 is 17.9. The molecule has 0 spiro atoms. The van der Waals surface area contributed by atoms with E-state index >= 15 is 0 Å². The van der Waals surface area contributed by atoms with Gasteiger partial charge in [-0.2, -0.15) is 8.75 Å². The molecule has 0 bridgehead atoms. The van der Waals surface area contributed by atoms with Crippen molar-refractivity contribution in [2.24, 2.45) is 0 Å². The molecule has 0 aliphatic rings. The molecule has 0 amide bonds. The molecule has 0 saturated heterocycles. The molecule has 0 atom stereocenters. The molecule has 0 fully saturated rings. The highest BCUT2D eigenvalue weighted by Crippen LogP contribution is 2.54. The Morgan fingerprint density at radius 2 is 0.454 bits per heavy atom. The van der Waals surface area contributed by atoms with Gasteiger partial charge in [-0.15, -0.1) is 90.7 Å². The third kappa shape index (κ3) is 20.7. The van der Waals surface area contributed by atoms with Gasteiger partial charge in [0.25, 0.3) is 0 Å². The highest BCUT2D eigenvalue weighted by Gasteiger charge is 2.27. The van der Waals surface area contributed by atoms with Crippen LogP contribution < -0.4 is 0 Å². The van der Waals surface area contributed by atoms with Gasteiger partial charge in [0.2, 0.25) is 0 Å². The Kier molecular flexibility index (Phi) is 32.3. The largest absolute Gasteiger partial charge is 0.172 e. The lowest BCUT2D eigenvalue weighted by Gasteiger charge is -2.06. The molecule has 11 heteroatoms. The van der Waals surface area contributed by atoms with Crippen molar-refractivity contribution in [1.29, 1.82) is 0 Å². The van der Waals surface area contributed by atoms with E-state index in [9.17, 15) is 0 Å². The minimum atomic E-state index is 1.07. The van der Waals surface area contributed by atoms with Crippen LogP contribution in [0.4, 0.5) is 0 Å². The second kappa shape index (κ2) is 41.1. The zero-order chi connectivity index (χ0) is 67.6. The van der Waals surface area contributed by atoms with E-state index in [0.29, 0.717) is 0 Å².